The minimum absolute atomic E-state index is 0.542. The van der Waals surface area contributed by atoms with Crippen molar-refractivity contribution in [2.45, 2.75) is 18.9 Å². The monoisotopic (exact) mass is 226 g/mol. The van der Waals surface area contributed by atoms with Gasteiger partial charge in [-0.15, -0.1) is 11.3 Å². The van der Waals surface area contributed by atoms with Crippen molar-refractivity contribution in [2.75, 3.05) is 13.7 Å². The Morgan fingerprint density at radius 1 is 1.60 bits per heavy atom. The molecule has 1 N–H and O–H groups in total. The summed E-state index contributed by atoms with van der Waals surface area (Å²) >= 11 is 1.50. The van der Waals surface area contributed by atoms with Crippen LogP contribution in [0.3, 0.4) is 0 Å². The lowest BCUT2D eigenvalue weighted by Crippen LogP contribution is -2.06. The van der Waals surface area contributed by atoms with Gasteiger partial charge in [-0.25, -0.2) is 0 Å². The van der Waals surface area contributed by atoms with Crippen LogP contribution >= 0.6 is 11.3 Å². The van der Waals surface area contributed by atoms with Crippen molar-refractivity contribution in [3.63, 3.8) is 0 Å². The minimum Gasteiger partial charge on any atom is -0.501 e. The Morgan fingerprint density at radius 2 is 2.47 bits per heavy atom. The molecule has 0 saturated carbocycles. The third kappa shape index (κ3) is 2.33. The number of aliphatic hydroxyl groups is 1. The molecule has 3 nitrogen and oxygen atoms in total. The minimum atomic E-state index is -0.542. The average molecular weight is 226 g/mol. The maximum atomic E-state index is 10.1. The van der Waals surface area contributed by atoms with Gasteiger partial charge in [0.25, 0.3) is 0 Å². The second-order valence-corrected chi connectivity index (χ2v) is 4.40. The highest BCUT2D eigenvalue weighted by molar-refractivity contribution is 7.10. The van der Waals surface area contributed by atoms with Gasteiger partial charge in [-0.05, 0) is 24.5 Å². The number of hydrogen-bond acceptors (Lipinski definition) is 4. The molecule has 1 aliphatic rings. The lowest BCUT2D eigenvalue weighted by Gasteiger charge is -2.17. The zero-order valence-corrected chi connectivity index (χ0v) is 9.42. The van der Waals surface area contributed by atoms with Crippen LogP contribution in [0.1, 0.15) is 23.8 Å². The van der Waals surface area contributed by atoms with E-state index in [-0.39, 0.29) is 0 Å². The molecule has 0 aromatic carbocycles. The largest absolute Gasteiger partial charge is 0.501 e. The molecule has 0 fully saturated rings. The highest BCUT2D eigenvalue weighted by Gasteiger charge is 2.18. The van der Waals surface area contributed by atoms with Crippen LogP contribution in [0.4, 0.5) is 0 Å². The van der Waals surface area contributed by atoms with Crippen LogP contribution in [0.2, 0.25) is 0 Å². The van der Waals surface area contributed by atoms with Gasteiger partial charge < -0.3 is 14.6 Å². The number of rotatable bonds is 3. The first-order valence-corrected chi connectivity index (χ1v) is 5.80. The van der Waals surface area contributed by atoms with E-state index in [2.05, 4.69) is 0 Å². The van der Waals surface area contributed by atoms with Crippen molar-refractivity contribution in [2.24, 2.45) is 0 Å². The van der Waals surface area contributed by atoms with Gasteiger partial charge in [0.15, 0.2) is 0 Å². The normalized spacial score (nSPS) is 17.9. The fourth-order valence-electron chi connectivity index (χ4n) is 1.55. The van der Waals surface area contributed by atoms with E-state index in [1.54, 1.807) is 13.4 Å². The zero-order chi connectivity index (χ0) is 10.7. The third-order valence-corrected chi connectivity index (χ3v) is 3.38. The maximum Gasteiger partial charge on any atom is 0.129 e. The van der Waals surface area contributed by atoms with Crippen molar-refractivity contribution >= 4 is 11.3 Å². The van der Waals surface area contributed by atoms with Crippen LogP contribution in [0, 0.1) is 0 Å². The standard InChI is InChI=1S/C11H14O3S/c1-13-9-5-10(15-7-9)11(12)8-3-2-4-14-6-8/h5-7,11-12H,2-4H2,1H3. The van der Waals surface area contributed by atoms with E-state index in [4.69, 9.17) is 9.47 Å². The molecule has 15 heavy (non-hydrogen) atoms. The quantitative estimate of drug-likeness (QED) is 0.860. The van der Waals surface area contributed by atoms with Gasteiger partial charge in [-0.3, -0.25) is 0 Å². The predicted octanol–water partition coefficient (Wildman–Crippen LogP) is 2.48. The van der Waals surface area contributed by atoms with Crippen molar-refractivity contribution in [3.8, 4) is 5.75 Å². The topological polar surface area (TPSA) is 38.7 Å². The lowest BCUT2D eigenvalue weighted by molar-refractivity contribution is 0.172. The molecule has 2 heterocycles. The molecule has 0 aliphatic carbocycles. The van der Waals surface area contributed by atoms with Crippen molar-refractivity contribution in [1.29, 1.82) is 0 Å². The van der Waals surface area contributed by atoms with Crippen LogP contribution in [-0.4, -0.2) is 18.8 Å². The Kier molecular flexibility index (Phi) is 3.28. The SMILES string of the molecule is COc1csc(C(O)C2=COCCC2)c1. The van der Waals surface area contributed by atoms with Gasteiger partial charge >= 0.3 is 0 Å². The van der Waals surface area contributed by atoms with Gasteiger partial charge in [0.2, 0.25) is 0 Å². The summed E-state index contributed by atoms with van der Waals surface area (Å²) in [6.07, 6.45) is 3.02. The molecule has 1 unspecified atom stereocenters. The summed E-state index contributed by atoms with van der Waals surface area (Å²) in [5.41, 5.74) is 0.950. The first kappa shape index (κ1) is 10.5. The van der Waals surface area contributed by atoms with Crippen LogP contribution in [0.5, 0.6) is 5.75 Å². The highest BCUT2D eigenvalue weighted by atomic mass is 32.1. The van der Waals surface area contributed by atoms with Crippen molar-refractivity contribution in [3.05, 3.63) is 28.2 Å². The fourth-order valence-corrected chi connectivity index (χ4v) is 2.43. The Bertz CT molecular complexity index is 356. The molecule has 1 atom stereocenters. The summed E-state index contributed by atoms with van der Waals surface area (Å²) in [5, 5.41) is 12.0. The van der Waals surface area contributed by atoms with E-state index in [0.29, 0.717) is 0 Å². The molecule has 2 rings (SSSR count). The zero-order valence-electron chi connectivity index (χ0n) is 8.60. The van der Waals surface area contributed by atoms with E-state index in [1.165, 1.54) is 11.3 Å². The first-order valence-electron chi connectivity index (χ1n) is 4.92. The summed E-state index contributed by atoms with van der Waals surface area (Å²) in [6.45, 7) is 0.754. The van der Waals surface area contributed by atoms with Crippen LogP contribution in [-0.2, 0) is 4.74 Å². The van der Waals surface area contributed by atoms with E-state index >= 15 is 0 Å². The Balaban J connectivity index is 2.12. The summed E-state index contributed by atoms with van der Waals surface area (Å²) in [7, 11) is 1.63. The van der Waals surface area contributed by atoms with E-state index < -0.39 is 6.10 Å². The number of hydrogen-bond donors (Lipinski definition) is 1. The molecule has 0 radical (unpaired) electrons. The van der Waals surface area contributed by atoms with Gasteiger partial charge in [-0.1, -0.05) is 0 Å². The Morgan fingerprint density at radius 3 is 3.07 bits per heavy atom. The first-order chi connectivity index (χ1) is 7.31. The Labute approximate surface area is 93.0 Å². The second kappa shape index (κ2) is 4.68. The lowest BCUT2D eigenvalue weighted by atomic mass is 10.0. The molecule has 0 amide bonds. The summed E-state index contributed by atoms with van der Waals surface area (Å²) in [4.78, 5) is 0.906. The third-order valence-electron chi connectivity index (χ3n) is 2.41. The van der Waals surface area contributed by atoms with Gasteiger partial charge in [-0.2, -0.15) is 0 Å². The smallest absolute Gasteiger partial charge is 0.129 e. The second-order valence-electron chi connectivity index (χ2n) is 3.46. The molecule has 1 aromatic rings. The molecular formula is C11H14O3S. The summed E-state index contributed by atoms with van der Waals surface area (Å²) < 4.78 is 10.3. The van der Waals surface area contributed by atoms with Crippen LogP contribution in [0.25, 0.3) is 0 Å². The molecule has 1 aromatic heterocycles. The summed E-state index contributed by atoms with van der Waals surface area (Å²) in [5.74, 6) is 0.798. The molecule has 82 valence electrons. The molecule has 0 spiro atoms. The van der Waals surface area contributed by atoms with Gasteiger partial charge in [0.05, 0.1) is 20.0 Å². The molecular weight excluding hydrogens is 212 g/mol. The Hall–Kier alpha value is -1.00. The average Bonchev–Trinajstić information content (AvgIpc) is 2.78. The summed E-state index contributed by atoms with van der Waals surface area (Å²) in [6, 6.07) is 1.87. The highest BCUT2D eigenvalue weighted by Crippen LogP contribution is 2.33. The number of aliphatic hydroxyl groups excluding tert-OH is 1. The molecule has 4 heteroatoms. The van der Waals surface area contributed by atoms with Crippen molar-refractivity contribution < 1.29 is 14.6 Å². The van der Waals surface area contributed by atoms with E-state index in [1.807, 2.05) is 11.4 Å². The van der Waals surface area contributed by atoms with E-state index in [0.717, 1.165) is 35.6 Å². The van der Waals surface area contributed by atoms with E-state index in [9.17, 15) is 5.11 Å². The molecule has 1 aliphatic heterocycles. The maximum absolute atomic E-state index is 10.1. The molecule has 0 bridgehead atoms. The number of ether oxygens (including phenoxy) is 2. The van der Waals surface area contributed by atoms with Crippen LogP contribution in [0.15, 0.2) is 23.3 Å². The van der Waals surface area contributed by atoms with Gasteiger partial charge in [0, 0.05) is 10.3 Å². The van der Waals surface area contributed by atoms with Crippen molar-refractivity contribution in [1.82, 2.24) is 0 Å². The van der Waals surface area contributed by atoms with Crippen LogP contribution < -0.4 is 4.74 Å². The number of methoxy groups -OCH3 is 1. The predicted molar refractivity (Wildman–Crippen MR) is 59.1 cm³/mol. The number of thiophene rings is 1. The van der Waals surface area contributed by atoms with Gasteiger partial charge in [0.1, 0.15) is 11.9 Å². The fraction of sp³-hybridized carbons (Fsp3) is 0.455. The molecule has 0 saturated heterocycles.